The summed E-state index contributed by atoms with van der Waals surface area (Å²) >= 11 is 0. The van der Waals surface area contributed by atoms with Gasteiger partial charge in [-0.1, -0.05) is 13.8 Å². The molecule has 0 aromatic heterocycles. The number of aliphatic carboxylic acids is 1. The van der Waals surface area contributed by atoms with Crippen molar-refractivity contribution in [1.82, 2.24) is 0 Å². The SMILES string of the molecule is CC(C)CC[C@]12C(=O)CC[C@@H]1[C@@H]2C(=O)O. The zero-order valence-corrected chi connectivity index (χ0v) is 9.32. The second-order valence-corrected chi connectivity index (χ2v) is 5.36. The molecule has 3 atom stereocenters. The highest BCUT2D eigenvalue weighted by Crippen LogP contribution is 2.68. The molecule has 0 heterocycles. The lowest BCUT2D eigenvalue weighted by molar-refractivity contribution is -0.142. The summed E-state index contributed by atoms with van der Waals surface area (Å²) in [6.07, 6.45) is 3.15. The van der Waals surface area contributed by atoms with Crippen LogP contribution in [0.5, 0.6) is 0 Å². The first kappa shape index (κ1) is 10.7. The van der Waals surface area contributed by atoms with Gasteiger partial charge in [0.2, 0.25) is 0 Å². The van der Waals surface area contributed by atoms with E-state index in [1.807, 2.05) is 0 Å². The molecule has 0 aromatic rings. The largest absolute Gasteiger partial charge is 0.481 e. The molecular formula is C12H18O3. The Labute approximate surface area is 89.9 Å². The van der Waals surface area contributed by atoms with E-state index in [1.54, 1.807) is 0 Å². The van der Waals surface area contributed by atoms with E-state index in [4.69, 9.17) is 5.11 Å². The Morgan fingerprint density at radius 1 is 1.60 bits per heavy atom. The number of fused-ring (bicyclic) bond motifs is 1. The second-order valence-electron chi connectivity index (χ2n) is 5.36. The van der Waals surface area contributed by atoms with Gasteiger partial charge >= 0.3 is 5.97 Å². The highest BCUT2D eigenvalue weighted by atomic mass is 16.4. The summed E-state index contributed by atoms with van der Waals surface area (Å²) in [4.78, 5) is 22.8. The summed E-state index contributed by atoms with van der Waals surface area (Å²) in [6.45, 7) is 4.23. The smallest absolute Gasteiger partial charge is 0.307 e. The van der Waals surface area contributed by atoms with Crippen LogP contribution in [-0.4, -0.2) is 16.9 Å². The third kappa shape index (κ3) is 1.40. The van der Waals surface area contributed by atoms with Crippen molar-refractivity contribution >= 4 is 11.8 Å². The van der Waals surface area contributed by atoms with Crippen LogP contribution in [0.2, 0.25) is 0 Å². The average Bonchev–Trinajstić information content (AvgIpc) is 2.71. The van der Waals surface area contributed by atoms with E-state index in [0.717, 1.165) is 19.3 Å². The summed E-state index contributed by atoms with van der Waals surface area (Å²) in [5, 5.41) is 9.06. The zero-order valence-electron chi connectivity index (χ0n) is 9.32. The fourth-order valence-corrected chi connectivity index (χ4v) is 3.24. The molecule has 0 aliphatic heterocycles. The van der Waals surface area contributed by atoms with Crippen molar-refractivity contribution in [3.8, 4) is 0 Å². The van der Waals surface area contributed by atoms with E-state index in [1.165, 1.54) is 0 Å². The van der Waals surface area contributed by atoms with Crippen LogP contribution in [-0.2, 0) is 9.59 Å². The van der Waals surface area contributed by atoms with E-state index in [0.29, 0.717) is 12.3 Å². The van der Waals surface area contributed by atoms with Gasteiger partial charge in [-0.25, -0.2) is 0 Å². The summed E-state index contributed by atoms with van der Waals surface area (Å²) in [7, 11) is 0. The minimum absolute atomic E-state index is 0.154. The van der Waals surface area contributed by atoms with Crippen LogP contribution < -0.4 is 0 Å². The number of Topliss-reactive ketones (excluding diaryl/α,β-unsaturated/α-hetero) is 1. The van der Waals surface area contributed by atoms with Gasteiger partial charge in [0, 0.05) is 11.8 Å². The molecule has 2 fully saturated rings. The molecule has 0 amide bonds. The maximum absolute atomic E-state index is 11.8. The number of carbonyl (C=O) groups excluding carboxylic acids is 1. The fraction of sp³-hybridized carbons (Fsp3) is 0.833. The van der Waals surface area contributed by atoms with Gasteiger partial charge in [-0.05, 0) is 31.1 Å². The molecule has 15 heavy (non-hydrogen) atoms. The van der Waals surface area contributed by atoms with Gasteiger partial charge in [-0.15, -0.1) is 0 Å². The summed E-state index contributed by atoms with van der Waals surface area (Å²) in [5.74, 6) is -0.223. The van der Waals surface area contributed by atoms with Crippen molar-refractivity contribution in [1.29, 1.82) is 0 Å². The quantitative estimate of drug-likeness (QED) is 0.773. The molecular weight excluding hydrogens is 192 g/mol. The maximum Gasteiger partial charge on any atom is 0.307 e. The molecule has 2 aliphatic rings. The third-order valence-corrected chi connectivity index (χ3v) is 4.11. The first-order valence-corrected chi connectivity index (χ1v) is 5.76. The Morgan fingerprint density at radius 2 is 2.27 bits per heavy atom. The normalized spacial score (nSPS) is 38.2. The van der Waals surface area contributed by atoms with Crippen molar-refractivity contribution in [3.05, 3.63) is 0 Å². The van der Waals surface area contributed by atoms with Crippen molar-refractivity contribution in [2.45, 2.75) is 39.5 Å². The van der Waals surface area contributed by atoms with E-state index in [-0.39, 0.29) is 17.6 Å². The summed E-state index contributed by atoms with van der Waals surface area (Å²) < 4.78 is 0. The highest BCUT2D eigenvalue weighted by Gasteiger charge is 2.74. The van der Waals surface area contributed by atoms with Crippen LogP contribution in [0.3, 0.4) is 0 Å². The molecule has 0 bridgehead atoms. The van der Waals surface area contributed by atoms with Gasteiger partial charge in [0.15, 0.2) is 0 Å². The van der Waals surface area contributed by atoms with Crippen molar-refractivity contribution in [2.24, 2.45) is 23.2 Å². The van der Waals surface area contributed by atoms with Gasteiger partial charge in [-0.2, -0.15) is 0 Å². The first-order chi connectivity index (χ1) is 7.00. The van der Waals surface area contributed by atoms with E-state index in [9.17, 15) is 9.59 Å². The number of hydrogen-bond acceptors (Lipinski definition) is 2. The monoisotopic (exact) mass is 210 g/mol. The lowest BCUT2D eigenvalue weighted by Crippen LogP contribution is -2.20. The van der Waals surface area contributed by atoms with Crippen LogP contribution in [0.15, 0.2) is 0 Å². The van der Waals surface area contributed by atoms with E-state index >= 15 is 0 Å². The molecule has 2 saturated carbocycles. The van der Waals surface area contributed by atoms with Crippen LogP contribution in [0.4, 0.5) is 0 Å². The Kier molecular flexibility index (Phi) is 2.36. The molecule has 1 N–H and O–H groups in total. The lowest BCUT2D eigenvalue weighted by Gasteiger charge is -2.13. The second kappa shape index (κ2) is 3.32. The number of carbonyl (C=O) groups is 2. The van der Waals surface area contributed by atoms with Gasteiger partial charge < -0.3 is 5.11 Å². The minimum Gasteiger partial charge on any atom is -0.481 e. The van der Waals surface area contributed by atoms with Crippen molar-refractivity contribution < 1.29 is 14.7 Å². The van der Waals surface area contributed by atoms with Gasteiger partial charge in [0.05, 0.1) is 5.92 Å². The Morgan fingerprint density at radius 3 is 2.73 bits per heavy atom. The number of carboxylic acids is 1. The predicted molar refractivity (Wildman–Crippen MR) is 55.4 cm³/mol. The average molecular weight is 210 g/mol. The first-order valence-electron chi connectivity index (χ1n) is 5.76. The third-order valence-electron chi connectivity index (χ3n) is 4.11. The topological polar surface area (TPSA) is 54.4 Å². The van der Waals surface area contributed by atoms with Crippen molar-refractivity contribution in [2.75, 3.05) is 0 Å². The standard InChI is InChI=1S/C12H18O3/c1-7(2)5-6-12-8(3-4-9(12)13)10(12)11(14)15/h7-8,10H,3-6H2,1-2H3,(H,14,15)/t8-,10-,12-/m1/s1. The van der Waals surface area contributed by atoms with E-state index < -0.39 is 11.4 Å². The van der Waals surface area contributed by atoms with Crippen LogP contribution in [0.1, 0.15) is 39.5 Å². The predicted octanol–water partition coefficient (Wildman–Crippen LogP) is 2.10. The number of rotatable bonds is 4. The minimum atomic E-state index is -0.767. The summed E-state index contributed by atoms with van der Waals surface area (Å²) in [6, 6.07) is 0. The molecule has 0 spiro atoms. The Bertz CT molecular complexity index is 308. The van der Waals surface area contributed by atoms with Gasteiger partial charge in [0.1, 0.15) is 5.78 Å². The lowest BCUT2D eigenvalue weighted by atomic mass is 9.89. The molecule has 3 nitrogen and oxygen atoms in total. The summed E-state index contributed by atoms with van der Waals surface area (Å²) in [5.41, 5.74) is -0.448. The molecule has 0 radical (unpaired) electrons. The number of ketones is 1. The molecule has 2 aliphatic carbocycles. The van der Waals surface area contributed by atoms with Crippen molar-refractivity contribution in [3.63, 3.8) is 0 Å². The highest BCUT2D eigenvalue weighted by molar-refractivity contribution is 5.98. The molecule has 0 saturated heterocycles. The molecule has 84 valence electrons. The Balaban J connectivity index is 2.10. The molecule has 2 rings (SSSR count). The molecule has 0 unspecified atom stereocenters. The zero-order chi connectivity index (χ0) is 11.2. The Hall–Kier alpha value is -0.860. The molecule has 3 heteroatoms. The number of hydrogen-bond donors (Lipinski definition) is 1. The van der Waals surface area contributed by atoms with Crippen LogP contribution in [0.25, 0.3) is 0 Å². The maximum atomic E-state index is 11.8. The van der Waals surface area contributed by atoms with Crippen LogP contribution >= 0.6 is 0 Å². The van der Waals surface area contributed by atoms with E-state index in [2.05, 4.69) is 13.8 Å². The van der Waals surface area contributed by atoms with Gasteiger partial charge in [-0.3, -0.25) is 9.59 Å². The fourth-order valence-electron chi connectivity index (χ4n) is 3.24. The van der Waals surface area contributed by atoms with Crippen LogP contribution in [0, 0.1) is 23.2 Å². The number of carboxylic acid groups (broad SMARTS) is 1. The van der Waals surface area contributed by atoms with Gasteiger partial charge in [0.25, 0.3) is 0 Å². The molecule has 0 aromatic carbocycles.